The Kier molecular flexibility index (Phi) is 3.07. The maximum atomic E-state index is 12.5. The molecule has 4 saturated carbocycles. The summed E-state index contributed by atoms with van der Waals surface area (Å²) < 4.78 is 0. The third kappa shape index (κ3) is 1.86. The molecule has 0 aromatic carbocycles. The molecule has 20 heavy (non-hydrogen) atoms. The highest BCUT2D eigenvalue weighted by molar-refractivity contribution is 5.86. The topological polar surface area (TPSA) is 54.4 Å². The molecular formula is C17H24O3. The van der Waals surface area contributed by atoms with Gasteiger partial charge in [-0.05, 0) is 55.8 Å². The van der Waals surface area contributed by atoms with Crippen LogP contribution in [0.5, 0.6) is 0 Å². The number of carboxylic acids is 1. The van der Waals surface area contributed by atoms with E-state index in [1.54, 1.807) is 0 Å². The maximum Gasteiger partial charge on any atom is 0.303 e. The van der Waals surface area contributed by atoms with Gasteiger partial charge in [-0.25, -0.2) is 0 Å². The summed E-state index contributed by atoms with van der Waals surface area (Å²) in [5, 5.41) is 8.99. The minimum Gasteiger partial charge on any atom is -0.481 e. The second-order valence-corrected chi connectivity index (χ2v) is 7.46. The number of fused-ring (bicyclic) bond motifs is 2. The number of hydrogen-bond acceptors (Lipinski definition) is 2. The van der Waals surface area contributed by atoms with E-state index in [0.717, 1.165) is 19.3 Å². The van der Waals surface area contributed by atoms with E-state index in [1.807, 2.05) is 6.92 Å². The summed E-state index contributed by atoms with van der Waals surface area (Å²) in [6, 6.07) is 0. The van der Waals surface area contributed by atoms with Gasteiger partial charge < -0.3 is 5.11 Å². The van der Waals surface area contributed by atoms with E-state index < -0.39 is 11.4 Å². The molecule has 4 atom stereocenters. The van der Waals surface area contributed by atoms with Crippen molar-refractivity contribution in [2.75, 3.05) is 0 Å². The van der Waals surface area contributed by atoms with Gasteiger partial charge in [-0.1, -0.05) is 19.1 Å². The molecular weight excluding hydrogens is 252 g/mol. The van der Waals surface area contributed by atoms with Gasteiger partial charge in [0.15, 0.2) is 0 Å². The number of carboxylic acid groups (broad SMARTS) is 1. The first-order valence-corrected chi connectivity index (χ1v) is 7.80. The Hall–Kier alpha value is -1.12. The molecule has 0 radical (unpaired) electrons. The van der Waals surface area contributed by atoms with E-state index in [0.29, 0.717) is 30.5 Å². The Balaban J connectivity index is 1.92. The normalized spacial score (nSPS) is 43.5. The van der Waals surface area contributed by atoms with Crippen molar-refractivity contribution in [2.24, 2.45) is 22.7 Å². The van der Waals surface area contributed by atoms with Crippen LogP contribution < -0.4 is 0 Å². The van der Waals surface area contributed by atoms with Gasteiger partial charge in [-0.15, -0.1) is 0 Å². The molecule has 0 aliphatic heterocycles. The maximum absolute atomic E-state index is 12.5. The molecule has 110 valence electrons. The predicted molar refractivity (Wildman–Crippen MR) is 76.2 cm³/mol. The zero-order chi connectivity index (χ0) is 14.5. The van der Waals surface area contributed by atoms with Gasteiger partial charge in [-0.2, -0.15) is 0 Å². The molecule has 0 saturated heterocycles. The second kappa shape index (κ2) is 4.44. The molecule has 3 nitrogen and oxygen atoms in total. The van der Waals surface area contributed by atoms with Crippen LogP contribution in [0.15, 0.2) is 12.2 Å². The molecule has 0 amide bonds. The Labute approximate surface area is 120 Å². The molecule has 2 bridgehead atoms. The van der Waals surface area contributed by atoms with Crippen molar-refractivity contribution in [2.45, 2.75) is 58.3 Å². The van der Waals surface area contributed by atoms with Crippen LogP contribution in [0.1, 0.15) is 58.3 Å². The Morgan fingerprint density at radius 2 is 2.20 bits per heavy atom. The van der Waals surface area contributed by atoms with E-state index in [4.69, 9.17) is 5.11 Å². The number of Topliss-reactive ketones (excluding diaryl/α,β-unsaturated/α-hetero) is 1. The van der Waals surface area contributed by atoms with E-state index in [9.17, 15) is 9.59 Å². The SMILES string of the molecule is C=C1C[C@@]23CCC(=O)[C@@](C)(CCC(=O)O)[C@@H]2C[C@@H]1CC3. The fraction of sp³-hybridized carbons (Fsp3) is 0.765. The van der Waals surface area contributed by atoms with E-state index >= 15 is 0 Å². The van der Waals surface area contributed by atoms with Crippen molar-refractivity contribution in [1.29, 1.82) is 0 Å². The number of carbonyl (C=O) groups is 2. The monoisotopic (exact) mass is 276 g/mol. The van der Waals surface area contributed by atoms with Crippen molar-refractivity contribution in [3.63, 3.8) is 0 Å². The summed E-state index contributed by atoms with van der Waals surface area (Å²) in [7, 11) is 0. The average Bonchev–Trinajstić information content (AvgIpc) is 2.41. The Bertz CT molecular complexity index is 481. The molecule has 4 rings (SSSR count). The summed E-state index contributed by atoms with van der Waals surface area (Å²) in [5.74, 6) is 0.452. The molecule has 4 aliphatic carbocycles. The predicted octanol–water partition coefficient (Wildman–Crippen LogP) is 3.58. The number of allylic oxidation sites excluding steroid dienone is 1. The Morgan fingerprint density at radius 1 is 1.45 bits per heavy atom. The van der Waals surface area contributed by atoms with Crippen molar-refractivity contribution in [3.05, 3.63) is 12.2 Å². The number of ketones is 1. The van der Waals surface area contributed by atoms with Crippen molar-refractivity contribution in [3.8, 4) is 0 Å². The standard InChI is InChI=1S/C17H24O3/c1-11-10-17-7-3-12(11)9-13(17)16(2,6-5-15(19)20)14(18)4-8-17/h12-13H,1,3-10H2,2H3,(H,19,20)/t12-,13-,16-,17+/m0/s1. The number of carbonyl (C=O) groups excluding carboxylic acids is 1. The first-order valence-electron chi connectivity index (χ1n) is 7.80. The van der Waals surface area contributed by atoms with Crippen molar-refractivity contribution >= 4 is 11.8 Å². The van der Waals surface area contributed by atoms with Crippen molar-refractivity contribution in [1.82, 2.24) is 0 Å². The van der Waals surface area contributed by atoms with E-state index in [-0.39, 0.29) is 11.8 Å². The molecule has 0 aromatic heterocycles. The quantitative estimate of drug-likeness (QED) is 0.801. The third-order valence-electron chi connectivity index (χ3n) is 6.52. The minimum absolute atomic E-state index is 0.112. The molecule has 4 aliphatic rings. The highest BCUT2D eigenvalue weighted by atomic mass is 16.4. The number of aliphatic carboxylic acids is 1. The van der Waals surface area contributed by atoms with Crippen LogP contribution in [0, 0.1) is 22.7 Å². The van der Waals surface area contributed by atoms with Crippen LogP contribution in [0.2, 0.25) is 0 Å². The molecule has 1 spiro atoms. The second-order valence-electron chi connectivity index (χ2n) is 7.46. The van der Waals surface area contributed by atoms with Gasteiger partial charge in [0.1, 0.15) is 5.78 Å². The van der Waals surface area contributed by atoms with Crippen LogP contribution >= 0.6 is 0 Å². The Morgan fingerprint density at radius 3 is 2.85 bits per heavy atom. The lowest BCUT2D eigenvalue weighted by Gasteiger charge is -2.61. The van der Waals surface area contributed by atoms with Crippen LogP contribution in [0.25, 0.3) is 0 Å². The van der Waals surface area contributed by atoms with Gasteiger partial charge in [-0.3, -0.25) is 9.59 Å². The number of rotatable bonds is 3. The first kappa shape index (κ1) is 13.8. The fourth-order valence-electron chi connectivity index (χ4n) is 5.31. The fourth-order valence-corrected chi connectivity index (χ4v) is 5.31. The molecule has 4 fully saturated rings. The van der Waals surface area contributed by atoms with Gasteiger partial charge in [0.2, 0.25) is 0 Å². The zero-order valence-corrected chi connectivity index (χ0v) is 12.3. The molecule has 0 aromatic rings. The van der Waals surface area contributed by atoms with Crippen LogP contribution in [-0.2, 0) is 9.59 Å². The van der Waals surface area contributed by atoms with Crippen LogP contribution in [-0.4, -0.2) is 16.9 Å². The molecule has 1 N–H and O–H groups in total. The van der Waals surface area contributed by atoms with Gasteiger partial charge in [0, 0.05) is 18.3 Å². The van der Waals surface area contributed by atoms with Crippen LogP contribution in [0.4, 0.5) is 0 Å². The summed E-state index contributed by atoms with van der Waals surface area (Å²) in [6.07, 6.45) is 6.79. The zero-order valence-electron chi connectivity index (χ0n) is 12.3. The average molecular weight is 276 g/mol. The smallest absolute Gasteiger partial charge is 0.303 e. The minimum atomic E-state index is -0.788. The molecule has 3 heteroatoms. The highest BCUT2D eigenvalue weighted by Gasteiger charge is 2.59. The van der Waals surface area contributed by atoms with E-state index in [1.165, 1.54) is 18.4 Å². The van der Waals surface area contributed by atoms with Gasteiger partial charge >= 0.3 is 5.97 Å². The summed E-state index contributed by atoms with van der Waals surface area (Å²) in [6.45, 7) is 6.28. The van der Waals surface area contributed by atoms with Crippen LogP contribution in [0.3, 0.4) is 0 Å². The third-order valence-corrected chi connectivity index (χ3v) is 6.52. The summed E-state index contributed by atoms with van der Waals surface area (Å²) >= 11 is 0. The molecule has 0 heterocycles. The lowest BCUT2D eigenvalue weighted by atomic mass is 9.42. The first-order chi connectivity index (χ1) is 9.37. The highest BCUT2D eigenvalue weighted by Crippen LogP contribution is 2.65. The van der Waals surface area contributed by atoms with E-state index in [2.05, 4.69) is 6.58 Å². The van der Waals surface area contributed by atoms with Crippen molar-refractivity contribution < 1.29 is 14.7 Å². The van der Waals surface area contributed by atoms with Gasteiger partial charge in [0.05, 0.1) is 0 Å². The number of hydrogen-bond donors (Lipinski definition) is 1. The summed E-state index contributed by atoms with van der Waals surface area (Å²) in [5.41, 5.74) is 1.20. The van der Waals surface area contributed by atoms with Gasteiger partial charge in [0.25, 0.3) is 0 Å². The largest absolute Gasteiger partial charge is 0.481 e. The lowest BCUT2D eigenvalue weighted by molar-refractivity contribution is -0.154. The summed E-state index contributed by atoms with van der Waals surface area (Å²) in [4.78, 5) is 23.5. The molecule has 0 unspecified atom stereocenters. The lowest BCUT2D eigenvalue weighted by Crippen LogP contribution is -2.56.